The van der Waals surface area contributed by atoms with Gasteiger partial charge in [-0.15, -0.1) is 11.3 Å². The molecule has 0 saturated heterocycles. The van der Waals surface area contributed by atoms with E-state index < -0.39 is 5.91 Å². The number of methoxy groups -OCH3 is 3. The summed E-state index contributed by atoms with van der Waals surface area (Å²) in [5.74, 6) is 1.17. The van der Waals surface area contributed by atoms with E-state index in [1.165, 1.54) is 16.0 Å². The highest BCUT2D eigenvalue weighted by Gasteiger charge is 2.25. The second kappa shape index (κ2) is 11.2. The van der Waals surface area contributed by atoms with Crippen molar-refractivity contribution in [1.29, 1.82) is 0 Å². The lowest BCUT2D eigenvalue weighted by atomic mass is 9.98. The van der Waals surface area contributed by atoms with E-state index in [-0.39, 0.29) is 5.88 Å². The highest BCUT2D eigenvalue weighted by molar-refractivity contribution is 7.21. The number of thiophene rings is 1. The van der Waals surface area contributed by atoms with Crippen LogP contribution in [-0.4, -0.2) is 37.5 Å². The van der Waals surface area contributed by atoms with Crippen LogP contribution in [0.4, 0.5) is 11.6 Å². The van der Waals surface area contributed by atoms with E-state index in [1.54, 1.807) is 27.5 Å². The van der Waals surface area contributed by atoms with Gasteiger partial charge >= 0.3 is 5.88 Å². The third kappa shape index (κ3) is 4.86. The molecule has 0 aliphatic rings. The van der Waals surface area contributed by atoms with Gasteiger partial charge in [-0.25, -0.2) is 4.98 Å². The van der Waals surface area contributed by atoms with Crippen LogP contribution < -0.4 is 29.9 Å². The van der Waals surface area contributed by atoms with Crippen LogP contribution in [0.3, 0.4) is 0 Å². The van der Waals surface area contributed by atoms with E-state index in [0.29, 0.717) is 38.0 Å². The minimum atomic E-state index is -0.441. The van der Waals surface area contributed by atoms with E-state index in [9.17, 15) is 4.79 Å². The average Bonchev–Trinajstić information content (AvgIpc) is 3.64. The van der Waals surface area contributed by atoms with Crippen LogP contribution in [0.25, 0.3) is 38.3 Å². The van der Waals surface area contributed by atoms with Crippen molar-refractivity contribution >= 4 is 39.0 Å². The van der Waals surface area contributed by atoms with Gasteiger partial charge in [0.1, 0.15) is 9.71 Å². The minimum Gasteiger partial charge on any atom is -0.493 e. The number of aromatic nitrogens is 3. The van der Waals surface area contributed by atoms with E-state index in [0.717, 1.165) is 28.1 Å². The average molecular weight is 581 g/mol. The second-order valence-corrected chi connectivity index (χ2v) is 10.2. The molecule has 0 saturated carbocycles. The standard InChI is InChI=1S/C31H25N5O5S/c1-38-23-14-19(15-24(39-2)28(23)40-3)21-16-22(18-10-6-4-7-11-18)33-31-26(21)27(32)29(42-31)30(37)34-25-17-36(35-41-25)20-12-8-5-9-13-20/h4-17H,1-3H3,(H2-,32,34,35,37)/p+1. The lowest BCUT2D eigenvalue weighted by Crippen LogP contribution is -2.31. The topological polar surface area (TPSA) is 126 Å². The fourth-order valence-electron chi connectivity index (χ4n) is 4.68. The smallest absolute Gasteiger partial charge is 0.303 e. The summed E-state index contributed by atoms with van der Waals surface area (Å²) in [6.45, 7) is 0. The number of ether oxygens (including phenoxy) is 3. The molecular formula is C31H26N5O5S+. The van der Waals surface area contributed by atoms with Crippen molar-refractivity contribution in [1.82, 2.24) is 10.3 Å². The van der Waals surface area contributed by atoms with Gasteiger partial charge in [-0.3, -0.25) is 14.6 Å². The summed E-state index contributed by atoms with van der Waals surface area (Å²) >= 11 is 1.20. The normalized spacial score (nSPS) is 10.9. The summed E-state index contributed by atoms with van der Waals surface area (Å²) in [5, 5.41) is 7.40. The molecule has 0 aliphatic heterocycles. The van der Waals surface area contributed by atoms with Crippen LogP contribution in [0.2, 0.25) is 0 Å². The van der Waals surface area contributed by atoms with Crippen LogP contribution in [0.15, 0.2) is 89.6 Å². The zero-order valence-corrected chi connectivity index (χ0v) is 23.8. The molecule has 0 spiro atoms. The van der Waals surface area contributed by atoms with Crippen molar-refractivity contribution in [3.05, 3.63) is 89.9 Å². The van der Waals surface area contributed by atoms with Crippen LogP contribution in [0.5, 0.6) is 17.2 Å². The highest BCUT2D eigenvalue weighted by atomic mass is 32.1. The van der Waals surface area contributed by atoms with Gasteiger partial charge in [0.15, 0.2) is 11.5 Å². The number of pyridine rings is 1. The molecule has 1 amide bonds. The van der Waals surface area contributed by atoms with E-state index in [4.69, 9.17) is 29.5 Å². The Labute approximate surface area is 244 Å². The maximum absolute atomic E-state index is 13.5. The molecule has 3 aromatic heterocycles. The molecular weight excluding hydrogens is 554 g/mol. The van der Waals surface area contributed by atoms with Gasteiger partial charge in [-0.05, 0) is 34.0 Å². The SMILES string of the molecule is COc1cc(-c2cc(-c3ccccc3)nc3sc(C(=O)Nc4c[n+](-c5ccccc5)no4)c(N)c23)cc(OC)c1OC. The Morgan fingerprint density at radius 1 is 0.905 bits per heavy atom. The number of nitrogens with one attached hydrogen (secondary N) is 1. The molecule has 0 atom stereocenters. The first-order valence-electron chi connectivity index (χ1n) is 12.8. The molecule has 11 heteroatoms. The van der Waals surface area contributed by atoms with Gasteiger partial charge in [0.05, 0.1) is 32.7 Å². The van der Waals surface area contributed by atoms with E-state index >= 15 is 0 Å². The number of amides is 1. The Kier molecular flexibility index (Phi) is 7.16. The van der Waals surface area contributed by atoms with Gasteiger partial charge in [0.2, 0.25) is 16.7 Å². The van der Waals surface area contributed by atoms with Gasteiger partial charge in [-0.2, -0.15) is 0 Å². The molecule has 210 valence electrons. The lowest BCUT2D eigenvalue weighted by Gasteiger charge is -2.15. The number of rotatable bonds is 8. The third-order valence-corrected chi connectivity index (χ3v) is 7.77. The monoisotopic (exact) mass is 580 g/mol. The minimum absolute atomic E-state index is 0.170. The second-order valence-electron chi connectivity index (χ2n) is 9.16. The number of anilines is 2. The van der Waals surface area contributed by atoms with E-state index in [1.807, 2.05) is 78.9 Å². The quantitative estimate of drug-likeness (QED) is 0.218. The Morgan fingerprint density at radius 3 is 2.21 bits per heavy atom. The van der Waals surface area contributed by atoms with Crippen molar-refractivity contribution in [2.75, 3.05) is 32.4 Å². The summed E-state index contributed by atoms with van der Waals surface area (Å²) in [5.41, 5.74) is 10.9. The Morgan fingerprint density at radius 2 is 1.57 bits per heavy atom. The number of benzene rings is 3. The zero-order chi connectivity index (χ0) is 29.2. The number of fused-ring (bicyclic) bond motifs is 1. The van der Waals surface area contributed by atoms with Crippen LogP contribution in [0, 0.1) is 0 Å². The van der Waals surface area contributed by atoms with Crippen molar-refractivity contribution < 1.29 is 28.2 Å². The zero-order valence-electron chi connectivity index (χ0n) is 23.0. The first kappa shape index (κ1) is 26.8. The maximum Gasteiger partial charge on any atom is 0.303 e. The predicted molar refractivity (Wildman–Crippen MR) is 161 cm³/mol. The van der Waals surface area contributed by atoms with Gasteiger partial charge in [0, 0.05) is 23.1 Å². The molecule has 42 heavy (non-hydrogen) atoms. The number of carbonyl (C=O) groups excluding carboxylic acids is 1. The molecule has 0 unspecified atom stereocenters. The molecule has 6 aromatic rings. The number of nitrogens with zero attached hydrogens (tertiary/aromatic N) is 3. The number of para-hydroxylation sites is 1. The van der Waals surface area contributed by atoms with Crippen molar-refractivity contribution in [2.24, 2.45) is 0 Å². The fraction of sp³-hybridized carbons (Fsp3) is 0.0968. The van der Waals surface area contributed by atoms with Gasteiger partial charge in [0.25, 0.3) is 12.1 Å². The summed E-state index contributed by atoms with van der Waals surface area (Å²) < 4.78 is 23.6. The number of hydrogen-bond acceptors (Lipinski definition) is 9. The molecule has 0 aliphatic carbocycles. The van der Waals surface area contributed by atoms with Gasteiger partial charge < -0.3 is 19.9 Å². The Bertz CT molecular complexity index is 1880. The first-order chi connectivity index (χ1) is 20.5. The number of nitrogens with two attached hydrogens (primary N) is 1. The summed E-state index contributed by atoms with van der Waals surface area (Å²) in [7, 11) is 4.67. The van der Waals surface area contributed by atoms with Crippen molar-refractivity contribution in [3.63, 3.8) is 0 Å². The third-order valence-electron chi connectivity index (χ3n) is 6.67. The van der Waals surface area contributed by atoms with Crippen LogP contribution in [-0.2, 0) is 0 Å². The Hall–Kier alpha value is -5.42. The molecule has 3 heterocycles. The Balaban J connectivity index is 1.47. The fourth-order valence-corrected chi connectivity index (χ4v) is 5.70. The molecule has 3 N–H and O–H groups in total. The summed E-state index contributed by atoms with van der Waals surface area (Å²) in [6, 6.07) is 24.8. The lowest BCUT2D eigenvalue weighted by molar-refractivity contribution is -0.670. The highest BCUT2D eigenvalue weighted by Crippen LogP contribution is 2.46. The largest absolute Gasteiger partial charge is 0.493 e. The molecule has 0 fully saturated rings. The summed E-state index contributed by atoms with van der Waals surface area (Å²) in [6.07, 6.45) is 1.59. The van der Waals surface area contributed by atoms with Crippen LogP contribution in [0.1, 0.15) is 9.67 Å². The number of carbonyl (C=O) groups is 1. The van der Waals surface area contributed by atoms with Crippen LogP contribution >= 0.6 is 11.3 Å². The number of hydrogen-bond donors (Lipinski definition) is 2. The maximum atomic E-state index is 13.5. The summed E-state index contributed by atoms with van der Waals surface area (Å²) in [4.78, 5) is 19.3. The van der Waals surface area contributed by atoms with Crippen molar-refractivity contribution in [3.8, 4) is 45.3 Å². The molecule has 0 radical (unpaired) electrons. The first-order valence-corrected chi connectivity index (χ1v) is 13.7. The number of nitrogen functional groups attached to an aromatic ring is 1. The van der Waals surface area contributed by atoms with Gasteiger partial charge in [-0.1, -0.05) is 48.5 Å². The molecule has 6 rings (SSSR count). The van der Waals surface area contributed by atoms with E-state index in [2.05, 4.69) is 10.6 Å². The molecule has 0 bridgehead atoms. The molecule has 10 nitrogen and oxygen atoms in total. The molecule has 3 aromatic carbocycles. The predicted octanol–water partition coefficient (Wildman–Crippen LogP) is 5.76. The van der Waals surface area contributed by atoms with Crippen molar-refractivity contribution in [2.45, 2.75) is 0 Å².